The van der Waals surface area contributed by atoms with Gasteiger partial charge in [-0.2, -0.15) is 0 Å². The van der Waals surface area contributed by atoms with Crippen LogP contribution in [0.4, 0.5) is 10.6 Å². The molecule has 8 heteroatoms. The molecule has 0 radical (unpaired) electrons. The first-order chi connectivity index (χ1) is 10.2. The summed E-state index contributed by atoms with van der Waals surface area (Å²) in [4.78, 5) is 24.4. The second-order valence-corrected chi connectivity index (χ2v) is 6.55. The van der Waals surface area contributed by atoms with Crippen molar-refractivity contribution in [3.63, 3.8) is 0 Å². The number of aromatic nitrogens is 2. The van der Waals surface area contributed by atoms with E-state index in [1.165, 1.54) is 10.9 Å². The van der Waals surface area contributed by atoms with Gasteiger partial charge in [0.2, 0.25) is 0 Å². The predicted octanol–water partition coefficient (Wildman–Crippen LogP) is 2.67. The van der Waals surface area contributed by atoms with E-state index >= 15 is 0 Å². The third-order valence-electron chi connectivity index (χ3n) is 3.58. The van der Waals surface area contributed by atoms with Crippen LogP contribution in [-0.2, 0) is 4.74 Å². The topological polar surface area (TPSA) is 90.5 Å². The van der Waals surface area contributed by atoms with Crippen molar-refractivity contribution in [2.24, 2.45) is 0 Å². The Bertz CT molecular complexity index is 568. The van der Waals surface area contributed by atoms with E-state index in [0.717, 1.165) is 0 Å². The fourth-order valence-electron chi connectivity index (χ4n) is 2.56. The van der Waals surface area contributed by atoms with E-state index < -0.39 is 10.5 Å². The Morgan fingerprint density at radius 1 is 1.41 bits per heavy atom. The number of rotatable bonds is 2. The number of ether oxygens (including phenoxy) is 1. The number of nitro groups is 1. The maximum Gasteiger partial charge on any atom is 0.410 e. The Morgan fingerprint density at radius 2 is 2.00 bits per heavy atom. The number of hydrogen-bond acceptors (Lipinski definition) is 5. The van der Waals surface area contributed by atoms with Crippen LogP contribution in [0.3, 0.4) is 0 Å². The number of carbonyl (C=O) groups excluding carboxylic acids is 1. The van der Waals surface area contributed by atoms with Gasteiger partial charge in [-0.1, -0.05) is 5.10 Å². The first-order valence-corrected chi connectivity index (χ1v) is 7.35. The zero-order valence-electron chi connectivity index (χ0n) is 13.4. The maximum atomic E-state index is 12.0. The van der Waals surface area contributed by atoms with Crippen molar-refractivity contribution in [3.05, 3.63) is 21.9 Å². The maximum absolute atomic E-state index is 12.0. The van der Waals surface area contributed by atoms with E-state index in [1.54, 1.807) is 11.8 Å². The summed E-state index contributed by atoms with van der Waals surface area (Å²) >= 11 is 0. The molecule has 0 unspecified atom stereocenters. The highest BCUT2D eigenvalue weighted by molar-refractivity contribution is 5.68. The summed E-state index contributed by atoms with van der Waals surface area (Å²) < 4.78 is 6.81. The standard InChI is InChI=1S/C14H22N4O4/c1-10-9-15-17(12(10)18(20)21)11-5-7-16(8-6-11)13(19)22-14(2,3)4/h9,11H,5-8H2,1-4H3. The van der Waals surface area contributed by atoms with Crippen molar-refractivity contribution in [1.29, 1.82) is 0 Å². The number of nitrogens with zero attached hydrogens (tertiary/aromatic N) is 4. The molecule has 2 heterocycles. The molecule has 22 heavy (non-hydrogen) atoms. The molecule has 122 valence electrons. The highest BCUT2D eigenvalue weighted by Crippen LogP contribution is 2.29. The lowest BCUT2D eigenvalue weighted by molar-refractivity contribution is -0.393. The highest BCUT2D eigenvalue weighted by Gasteiger charge is 2.33. The van der Waals surface area contributed by atoms with Crippen LogP contribution in [0.5, 0.6) is 0 Å². The minimum absolute atomic E-state index is 0.0377. The summed E-state index contributed by atoms with van der Waals surface area (Å²) in [6.45, 7) is 8.18. The van der Waals surface area contributed by atoms with Gasteiger partial charge in [0, 0.05) is 25.9 Å². The van der Waals surface area contributed by atoms with Crippen molar-refractivity contribution in [3.8, 4) is 0 Å². The molecule has 8 nitrogen and oxygen atoms in total. The van der Waals surface area contributed by atoms with Gasteiger partial charge in [0.1, 0.15) is 11.6 Å². The predicted molar refractivity (Wildman–Crippen MR) is 79.7 cm³/mol. The van der Waals surface area contributed by atoms with E-state index in [2.05, 4.69) is 5.10 Å². The molecule has 0 saturated carbocycles. The molecule has 2 rings (SSSR count). The van der Waals surface area contributed by atoms with Gasteiger partial charge in [0.05, 0.1) is 11.8 Å². The van der Waals surface area contributed by atoms with Crippen LogP contribution in [0.25, 0.3) is 0 Å². The molecule has 1 saturated heterocycles. The van der Waals surface area contributed by atoms with Gasteiger partial charge in [-0.15, -0.1) is 4.68 Å². The molecule has 1 amide bonds. The molecule has 0 atom stereocenters. The Balaban J connectivity index is 2.01. The fraction of sp³-hybridized carbons (Fsp3) is 0.714. The molecule has 0 bridgehead atoms. The summed E-state index contributed by atoms with van der Waals surface area (Å²) in [5.74, 6) is 0.0377. The number of carbonyl (C=O) groups is 1. The lowest BCUT2D eigenvalue weighted by Gasteiger charge is -2.32. The first-order valence-electron chi connectivity index (χ1n) is 7.35. The first kappa shape index (κ1) is 16.3. The normalized spacial score (nSPS) is 16.6. The summed E-state index contributed by atoms with van der Waals surface area (Å²) in [7, 11) is 0. The molecule has 0 aliphatic carbocycles. The van der Waals surface area contributed by atoms with Crippen LogP contribution in [-0.4, -0.2) is 44.4 Å². The summed E-state index contributed by atoms with van der Waals surface area (Å²) in [6.07, 6.45) is 2.43. The largest absolute Gasteiger partial charge is 0.444 e. The quantitative estimate of drug-likeness (QED) is 0.618. The molecular weight excluding hydrogens is 288 g/mol. The second-order valence-electron chi connectivity index (χ2n) is 6.55. The molecule has 1 aliphatic rings. The van der Waals surface area contributed by atoms with Crippen LogP contribution < -0.4 is 0 Å². The molecule has 0 aromatic carbocycles. The molecule has 0 N–H and O–H groups in total. The SMILES string of the molecule is Cc1cnn(C2CCN(C(=O)OC(C)(C)C)CC2)c1[N+](=O)[O-]. The summed E-state index contributed by atoms with van der Waals surface area (Å²) in [6, 6.07) is -0.0622. The number of aryl methyl sites for hydroxylation is 1. The molecule has 1 aromatic heterocycles. The number of likely N-dealkylation sites (tertiary alicyclic amines) is 1. The molecule has 1 aromatic rings. The van der Waals surface area contributed by atoms with E-state index in [-0.39, 0.29) is 18.0 Å². The minimum Gasteiger partial charge on any atom is -0.444 e. The molecule has 0 spiro atoms. The number of amides is 1. The average Bonchev–Trinajstić information content (AvgIpc) is 2.79. The van der Waals surface area contributed by atoms with Gasteiger partial charge < -0.3 is 19.8 Å². The van der Waals surface area contributed by atoms with Gasteiger partial charge in [0.15, 0.2) is 0 Å². The van der Waals surface area contributed by atoms with Gasteiger partial charge in [0.25, 0.3) is 0 Å². The summed E-state index contributed by atoms with van der Waals surface area (Å²) in [5, 5.41) is 15.3. The van der Waals surface area contributed by atoms with E-state index in [1.807, 2.05) is 20.8 Å². The van der Waals surface area contributed by atoms with Crippen molar-refractivity contribution in [1.82, 2.24) is 14.7 Å². The number of piperidine rings is 1. The van der Waals surface area contributed by atoms with Crippen LogP contribution in [0.1, 0.15) is 45.2 Å². The Morgan fingerprint density at radius 3 is 2.50 bits per heavy atom. The van der Waals surface area contributed by atoms with Crippen molar-refractivity contribution in [2.75, 3.05) is 13.1 Å². The van der Waals surface area contributed by atoms with Gasteiger partial charge in [-0.3, -0.25) is 0 Å². The fourth-order valence-corrected chi connectivity index (χ4v) is 2.56. The van der Waals surface area contributed by atoms with Crippen LogP contribution in [0, 0.1) is 17.0 Å². The third kappa shape index (κ3) is 3.55. The van der Waals surface area contributed by atoms with Gasteiger partial charge >= 0.3 is 11.9 Å². The van der Waals surface area contributed by atoms with Crippen molar-refractivity contribution in [2.45, 2.75) is 52.2 Å². The smallest absolute Gasteiger partial charge is 0.410 e. The highest BCUT2D eigenvalue weighted by atomic mass is 16.6. The average molecular weight is 310 g/mol. The zero-order chi connectivity index (χ0) is 16.5. The minimum atomic E-state index is -0.522. The Kier molecular flexibility index (Phi) is 4.39. The van der Waals surface area contributed by atoms with Crippen LogP contribution in [0.2, 0.25) is 0 Å². The Labute approximate surface area is 129 Å². The summed E-state index contributed by atoms with van der Waals surface area (Å²) in [5.41, 5.74) is 0.0331. The zero-order valence-corrected chi connectivity index (χ0v) is 13.4. The van der Waals surface area contributed by atoms with Crippen LogP contribution >= 0.6 is 0 Å². The molecular formula is C14H22N4O4. The third-order valence-corrected chi connectivity index (χ3v) is 3.58. The lowest BCUT2D eigenvalue weighted by Crippen LogP contribution is -2.42. The van der Waals surface area contributed by atoms with E-state index in [9.17, 15) is 14.9 Å². The van der Waals surface area contributed by atoms with Crippen molar-refractivity contribution >= 4 is 11.9 Å². The Hall–Kier alpha value is -2.12. The number of hydrogen-bond donors (Lipinski definition) is 0. The van der Waals surface area contributed by atoms with Crippen LogP contribution in [0.15, 0.2) is 6.20 Å². The van der Waals surface area contributed by atoms with Crippen molar-refractivity contribution < 1.29 is 14.5 Å². The van der Waals surface area contributed by atoms with E-state index in [0.29, 0.717) is 31.5 Å². The monoisotopic (exact) mass is 310 g/mol. The molecule has 1 fully saturated rings. The second kappa shape index (κ2) is 5.94. The van der Waals surface area contributed by atoms with E-state index in [4.69, 9.17) is 4.74 Å². The van der Waals surface area contributed by atoms with Gasteiger partial charge in [-0.05, 0) is 32.6 Å². The molecule has 1 aliphatic heterocycles. The lowest BCUT2D eigenvalue weighted by atomic mass is 10.1. The van der Waals surface area contributed by atoms with Gasteiger partial charge in [-0.25, -0.2) is 4.79 Å².